The molecule has 0 aliphatic rings. The van der Waals surface area contributed by atoms with Gasteiger partial charge in [0.2, 0.25) is 0 Å². The molecule has 0 aromatic carbocycles. The van der Waals surface area contributed by atoms with Crippen LogP contribution in [0.25, 0.3) is 0 Å². The predicted molar refractivity (Wildman–Crippen MR) is 38.3 cm³/mol. The Morgan fingerprint density at radius 2 is 1.50 bits per heavy atom. The van der Waals surface area contributed by atoms with Crippen molar-refractivity contribution in [2.45, 2.75) is 5.97 Å². The second kappa shape index (κ2) is 5.08. The van der Waals surface area contributed by atoms with Crippen LogP contribution in [0.15, 0.2) is 0 Å². The van der Waals surface area contributed by atoms with Crippen LogP contribution < -0.4 is 0 Å². The van der Waals surface area contributed by atoms with E-state index < -0.39 is 5.97 Å². The zero-order valence-electron chi connectivity index (χ0n) is 6.84. The van der Waals surface area contributed by atoms with Crippen molar-refractivity contribution >= 4 is 16.6 Å². The van der Waals surface area contributed by atoms with Crippen molar-refractivity contribution in [1.82, 2.24) is 0 Å². The second-order valence-corrected chi connectivity index (χ2v) is 2.31. The van der Waals surface area contributed by atoms with Crippen LogP contribution in [-0.2, 0) is 18.0 Å². The van der Waals surface area contributed by atoms with Gasteiger partial charge in [0.25, 0.3) is 0 Å². The highest BCUT2D eigenvalue weighted by Gasteiger charge is 2.28. The Hall–Kier alpha value is 0.372. The molecule has 0 bridgehead atoms. The number of rotatable bonds is 5. The molecule has 0 aromatic heterocycles. The van der Waals surface area contributed by atoms with E-state index >= 15 is 0 Å². The third-order valence-corrected chi connectivity index (χ3v) is 1.54. The van der Waals surface area contributed by atoms with Gasteiger partial charge in [-0.3, -0.25) is 0 Å². The van der Waals surface area contributed by atoms with Gasteiger partial charge < -0.3 is 18.0 Å². The van der Waals surface area contributed by atoms with Crippen LogP contribution in [0.4, 0.5) is 0 Å². The molecule has 0 fully saturated rings. The first kappa shape index (κ1) is 10.4. The van der Waals surface area contributed by atoms with E-state index in [-0.39, 0.29) is 0 Å². The summed E-state index contributed by atoms with van der Waals surface area (Å²) in [5.41, 5.74) is 0. The van der Waals surface area contributed by atoms with Crippen molar-refractivity contribution in [3.63, 3.8) is 0 Å². The number of hydrogen-bond acceptors (Lipinski definition) is 4. The van der Waals surface area contributed by atoms with E-state index in [1.54, 1.807) is 0 Å². The van der Waals surface area contributed by atoms with Crippen molar-refractivity contribution in [3.05, 3.63) is 0 Å². The molecule has 0 aliphatic carbocycles. The summed E-state index contributed by atoms with van der Waals surface area (Å²) in [5, 5.41) is 0. The number of methoxy groups -OCH3 is 3. The minimum atomic E-state index is -1.01. The molecule has 0 aromatic rings. The Balaban J connectivity index is 3.87. The Bertz CT molecular complexity index is 75.5. The molecule has 5 heteroatoms. The van der Waals surface area contributed by atoms with E-state index in [9.17, 15) is 0 Å². The summed E-state index contributed by atoms with van der Waals surface area (Å²) in [5.74, 6) is -1.01. The second-order valence-electron chi connectivity index (χ2n) is 1.73. The standard InChI is InChI=1S/C5H11O4.Al.2H/c1-7-5(4-6,8-2)9-3;;;/h4H2,1-3H3;;;/q-1;+1;;. The first-order valence-electron chi connectivity index (χ1n) is 2.89. The van der Waals surface area contributed by atoms with Crippen molar-refractivity contribution < 1.29 is 18.0 Å². The third kappa shape index (κ3) is 2.54. The number of ether oxygens (including phenoxy) is 3. The van der Waals surface area contributed by atoms with Crippen LogP contribution in [0, 0.1) is 0 Å². The lowest BCUT2D eigenvalue weighted by molar-refractivity contribution is -0.361. The Kier molecular flexibility index (Phi) is 5.27. The molecule has 10 heavy (non-hydrogen) atoms. The highest BCUT2D eigenvalue weighted by Crippen LogP contribution is 2.10. The predicted octanol–water partition coefficient (Wildman–Crippen LogP) is -0.856. The summed E-state index contributed by atoms with van der Waals surface area (Å²) in [6, 6.07) is 0. The summed E-state index contributed by atoms with van der Waals surface area (Å²) in [4.78, 5) is 0. The molecule has 4 nitrogen and oxygen atoms in total. The fourth-order valence-corrected chi connectivity index (χ4v) is 0.957. The van der Waals surface area contributed by atoms with E-state index in [0.717, 1.165) is 0 Å². The molecule has 0 spiro atoms. The van der Waals surface area contributed by atoms with Gasteiger partial charge in [-0.1, -0.05) is 0 Å². The van der Waals surface area contributed by atoms with Gasteiger partial charge in [0.05, 0.1) is 6.61 Å². The van der Waals surface area contributed by atoms with Crippen molar-refractivity contribution in [1.29, 1.82) is 0 Å². The third-order valence-electron chi connectivity index (χ3n) is 1.25. The molecule has 0 N–H and O–H groups in total. The molecule has 0 heterocycles. The quantitative estimate of drug-likeness (QED) is 0.391. The maximum absolute atomic E-state index is 4.94. The van der Waals surface area contributed by atoms with Crippen molar-refractivity contribution in [3.8, 4) is 0 Å². The Labute approximate surface area is 69.2 Å². The maximum atomic E-state index is 4.94. The van der Waals surface area contributed by atoms with E-state index in [1.165, 1.54) is 21.3 Å². The molecule has 0 radical (unpaired) electrons. The molecule has 0 aliphatic heterocycles. The minimum absolute atomic E-state index is 0.308. The van der Waals surface area contributed by atoms with Crippen molar-refractivity contribution in [2.24, 2.45) is 0 Å². The molecule has 0 atom stereocenters. The molecular weight excluding hydrogens is 151 g/mol. The van der Waals surface area contributed by atoms with E-state index in [4.69, 9.17) is 18.0 Å². The average Bonchev–Trinajstić information content (AvgIpc) is 2.01. The summed E-state index contributed by atoms with van der Waals surface area (Å²) in [6.45, 7) is 0.308. The number of hydrogen-bond donors (Lipinski definition) is 0. The van der Waals surface area contributed by atoms with Crippen LogP contribution in [0.2, 0.25) is 0 Å². The van der Waals surface area contributed by atoms with E-state index in [0.29, 0.717) is 23.2 Å². The monoisotopic (exact) mass is 164 g/mol. The molecule has 0 rings (SSSR count). The largest absolute Gasteiger partial charge is 0.500 e. The van der Waals surface area contributed by atoms with E-state index in [2.05, 4.69) is 0 Å². The lowest BCUT2D eigenvalue weighted by Crippen LogP contribution is -2.40. The van der Waals surface area contributed by atoms with Gasteiger partial charge in [-0.2, -0.15) is 0 Å². The Morgan fingerprint density at radius 3 is 1.60 bits per heavy atom. The highest BCUT2D eigenvalue weighted by atomic mass is 27.1. The van der Waals surface area contributed by atoms with Gasteiger partial charge in [-0.05, 0) is 0 Å². The first-order chi connectivity index (χ1) is 4.74. The Morgan fingerprint density at radius 1 is 1.10 bits per heavy atom. The van der Waals surface area contributed by atoms with Gasteiger partial charge in [-0.25, -0.2) is 0 Å². The van der Waals surface area contributed by atoms with Gasteiger partial charge in [0.1, 0.15) is 0 Å². The van der Waals surface area contributed by atoms with Crippen molar-refractivity contribution in [2.75, 3.05) is 27.9 Å². The van der Waals surface area contributed by atoms with Crippen LogP contribution in [0.3, 0.4) is 0 Å². The lowest BCUT2D eigenvalue weighted by atomic mass is 10.6. The summed E-state index contributed by atoms with van der Waals surface area (Å²) >= 11 is 0.644. The zero-order valence-corrected chi connectivity index (χ0v) is 8.84. The minimum Gasteiger partial charge on any atom is -0.500 e. The average molecular weight is 164 g/mol. The zero-order chi connectivity index (χ0) is 8.04. The molecular formula is C5H13AlO4. The summed E-state index contributed by atoms with van der Waals surface area (Å²) < 4.78 is 19.7. The van der Waals surface area contributed by atoms with Gasteiger partial charge >= 0.3 is 22.6 Å². The molecule has 0 saturated heterocycles. The van der Waals surface area contributed by atoms with Crippen LogP contribution in [0.1, 0.15) is 0 Å². The van der Waals surface area contributed by atoms with Gasteiger partial charge in [0, 0.05) is 21.3 Å². The normalized spacial score (nSPS) is 11.9. The fourth-order valence-electron chi connectivity index (χ4n) is 0.604. The van der Waals surface area contributed by atoms with Crippen LogP contribution in [0.5, 0.6) is 0 Å². The topological polar surface area (TPSA) is 36.9 Å². The SMILES string of the molecule is COC(C[O][AlH2])(OC)OC. The van der Waals surface area contributed by atoms with Crippen LogP contribution in [-0.4, -0.2) is 50.5 Å². The molecule has 0 amide bonds. The highest BCUT2D eigenvalue weighted by molar-refractivity contribution is 5.97. The summed E-state index contributed by atoms with van der Waals surface area (Å²) in [7, 11) is 4.52. The lowest BCUT2D eigenvalue weighted by Gasteiger charge is -2.28. The molecule has 0 saturated carbocycles. The van der Waals surface area contributed by atoms with Crippen LogP contribution >= 0.6 is 0 Å². The van der Waals surface area contributed by atoms with Gasteiger partial charge in [-0.15, -0.1) is 0 Å². The first-order valence-corrected chi connectivity index (χ1v) is 3.70. The smallest absolute Gasteiger partial charge is 0.410 e. The molecule has 60 valence electrons. The maximum Gasteiger partial charge on any atom is 0.410 e. The van der Waals surface area contributed by atoms with E-state index in [1.807, 2.05) is 0 Å². The fraction of sp³-hybridized carbons (Fsp3) is 1.00. The summed E-state index contributed by atoms with van der Waals surface area (Å²) in [6.07, 6.45) is 0. The van der Waals surface area contributed by atoms with Gasteiger partial charge in [0.15, 0.2) is 0 Å². The molecule has 0 unspecified atom stereocenters.